The van der Waals surface area contributed by atoms with E-state index in [4.69, 9.17) is 15.0 Å². The van der Waals surface area contributed by atoms with Gasteiger partial charge in [0.05, 0.1) is 5.56 Å². The highest BCUT2D eigenvalue weighted by molar-refractivity contribution is 9.10. The molecule has 2 aromatic rings. The van der Waals surface area contributed by atoms with Crippen molar-refractivity contribution in [3.63, 3.8) is 0 Å². The molecule has 17 heavy (non-hydrogen) atoms. The summed E-state index contributed by atoms with van der Waals surface area (Å²) in [5.74, 6) is 0.902. The van der Waals surface area contributed by atoms with Crippen LogP contribution in [0.25, 0.3) is 11.5 Å². The van der Waals surface area contributed by atoms with Gasteiger partial charge in [-0.2, -0.15) is 4.98 Å². The Hall–Kier alpha value is -1.40. The number of ether oxygens (including phenoxy) is 1. The Labute approximate surface area is 107 Å². The zero-order chi connectivity index (χ0) is 12.4. The minimum atomic E-state index is -0.204. The molecule has 2 N–H and O–H groups in total. The van der Waals surface area contributed by atoms with Gasteiger partial charge in [-0.25, -0.2) is 0 Å². The third-order valence-corrected chi connectivity index (χ3v) is 2.90. The molecule has 0 amide bonds. The van der Waals surface area contributed by atoms with Gasteiger partial charge in [0.25, 0.3) is 5.89 Å². The SMILES string of the molecule is COC(C)c1noc(-c2ccc(Br)cc2N)n1. The van der Waals surface area contributed by atoms with E-state index in [1.54, 1.807) is 13.2 Å². The Bertz CT molecular complexity index is 527. The van der Waals surface area contributed by atoms with Crippen LogP contribution in [0.4, 0.5) is 5.69 Å². The zero-order valence-corrected chi connectivity index (χ0v) is 11.1. The van der Waals surface area contributed by atoms with E-state index in [2.05, 4.69) is 26.1 Å². The minimum absolute atomic E-state index is 0.204. The molecule has 0 radical (unpaired) electrons. The molecule has 0 aliphatic rings. The summed E-state index contributed by atoms with van der Waals surface area (Å²) in [5, 5.41) is 3.85. The van der Waals surface area contributed by atoms with Gasteiger partial charge in [0, 0.05) is 17.3 Å². The molecule has 1 unspecified atom stereocenters. The van der Waals surface area contributed by atoms with E-state index >= 15 is 0 Å². The van der Waals surface area contributed by atoms with Crippen LogP contribution in [0.2, 0.25) is 0 Å². The van der Waals surface area contributed by atoms with E-state index in [0.717, 1.165) is 10.0 Å². The van der Waals surface area contributed by atoms with Crippen LogP contribution in [0, 0.1) is 0 Å². The summed E-state index contributed by atoms with van der Waals surface area (Å²) in [6.07, 6.45) is -0.204. The molecule has 90 valence electrons. The molecule has 2 rings (SSSR count). The van der Waals surface area contributed by atoms with Gasteiger partial charge in [-0.15, -0.1) is 0 Å². The van der Waals surface area contributed by atoms with Crippen molar-refractivity contribution in [2.45, 2.75) is 13.0 Å². The van der Waals surface area contributed by atoms with Crippen LogP contribution in [-0.4, -0.2) is 17.3 Å². The molecule has 1 atom stereocenters. The molecule has 6 heteroatoms. The third-order valence-electron chi connectivity index (χ3n) is 2.40. The summed E-state index contributed by atoms with van der Waals surface area (Å²) in [6.45, 7) is 1.85. The van der Waals surface area contributed by atoms with Gasteiger partial charge in [0.1, 0.15) is 6.10 Å². The lowest BCUT2D eigenvalue weighted by atomic mass is 10.2. The Balaban J connectivity index is 2.37. The lowest BCUT2D eigenvalue weighted by molar-refractivity contribution is 0.109. The van der Waals surface area contributed by atoms with Crippen molar-refractivity contribution in [3.05, 3.63) is 28.5 Å². The summed E-state index contributed by atoms with van der Waals surface area (Å²) >= 11 is 3.34. The average molecular weight is 298 g/mol. The number of benzene rings is 1. The number of rotatable bonds is 3. The van der Waals surface area contributed by atoms with Crippen LogP contribution in [-0.2, 0) is 4.74 Å². The fourth-order valence-corrected chi connectivity index (χ4v) is 1.72. The maximum Gasteiger partial charge on any atom is 0.260 e. The van der Waals surface area contributed by atoms with Crippen LogP contribution in [0.5, 0.6) is 0 Å². The van der Waals surface area contributed by atoms with E-state index in [1.165, 1.54) is 0 Å². The maximum absolute atomic E-state index is 5.88. The fraction of sp³-hybridized carbons (Fsp3) is 0.273. The molecule has 0 spiro atoms. The standard InChI is InChI=1S/C11H12BrN3O2/c1-6(16-2)10-14-11(17-15-10)8-4-3-7(12)5-9(8)13/h3-6H,13H2,1-2H3. The Morgan fingerprint density at radius 3 is 2.88 bits per heavy atom. The molecule has 0 saturated heterocycles. The van der Waals surface area contributed by atoms with Gasteiger partial charge in [-0.3, -0.25) is 0 Å². The molecular formula is C11H12BrN3O2. The van der Waals surface area contributed by atoms with Gasteiger partial charge >= 0.3 is 0 Å². The predicted octanol–water partition coefficient (Wildman–Crippen LogP) is 2.79. The summed E-state index contributed by atoms with van der Waals surface area (Å²) in [4.78, 5) is 4.24. The lowest BCUT2D eigenvalue weighted by Crippen LogP contribution is -1.98. The van der Waals surface area contributed by atoms with Crippen LogP contribution < -0.4 is 5.73 Å². The van der Waals surface area contributed by atoms with E-state index in [1.807, 2.05) is 19.1 Å². The lowest BCUT2D eigenvalue weighted by Gasteiger charge is -2.02. The van der Waals surface area contributed by atoms with Crippen LogP contribution in [0.1, 0.15) is 18.9 Å². The van der Waals surface area contributed by atoms with Crippen molar-refractivity contribution in [1.82, 2.24) is 10.1 Å². The first-order valence-electron chi connectivity index (χ1n) is 5.03. The average Bonchev–Trinajstić information content (AvgIpc) is 2.77. The number of halogens is 1. The summed E-state index contributed by atoms with van der Waals surface area (Å²) in [5.41, 5.74) is 7.18. The number of methoxy groups -OCH3 is 1. The topological polar surface area (TPSA) is 74.2 Å². The van der Waals surface area contributed by atoms with Crippen molar-refractivity contribution in [2.24, 2.45) is 0 Å². The van der Waals surface area contributed by atoms with Crippen LogP contribution in [0.3, 0.4) is 0 Å². The normalized spacial score (nSPS) is 12.6. The smallest absolute Gasteiger partial charge is 0.260 e. The van der Waals surface area contributed by atoms with Gasteiger partial charge in [-0.05, 0) is 25.1 Å². The second-order valence-corrected chi connectivity index (χ2v) is 4.48. The number of hydrogen-bond acceptors (Lipinski definition) is 5. The molecule has 1 aromatic heterocycles. The van der Waals surface area contributed by atoms with Crippen molar-refractivity contribution in [2.75, 3.05) is 12.8 Å². The van der Waals surface area contributed by atoms with Gasteiger partial charge in [-0.1, -0.05) is 21.1 Å². The molecule has 0 bridgehead atoms. The van der Waals surface area contributed by atoms with Gasteiger partial charge < -0.3 is 15.0 Å². The molecule has 0 saturated carbocycles. The second-order valence-electron chi connectivity index (χ2n) is 3.57. The molecule has 5 nitrogen and oxygen atoms in total. The Kier molecular flexibility index (Phi) is 3.44. The quantitative estimate of drug-likeness (QED) is 0.882. The number of anilines is 1. The summed E-state index contributed by atoms with van der Waals surface area (Å²) in [6, 6.07) is 5.49. The molecule has 0 aliphatic heterocycles. The highest BCUT2D eigenvalue weighted by Gasteiger charge is 2.15. The summed E-state index contributed by atoms with van der Waals surface area (Å²) in [7, 11) is 1.59. The first-order valence-corrected chi connectivity index (χ1v) is 5.83. The monoisotopic (exact) mass is 297 g/mol. The number of nitrogens with two attached hydrogens (primary N) is 1. The van der Waals surface area contributed by atoms with Crippen molar-refractivity contribution < 1.29 is 9.26 Å². The number of aromatic nitrogens is 2. The number of nitrogen functional groups attached to an aromatic ring is 1. The maximum atomic E-state index is 5.88. The highest BCUT2D eigenvalue weighted by Crippen LogP contribution is 2.28. The van der Waals surface area contributed by atoms with Gasteiger partial charge in [0.2, 0.25) is 5.82 Å². The largest absolute Gasteiger partial charge is 0.398 e. The Morgan fingerprint density at radius 1 is 1.47 bits per heavy atom. The summed E-state index contributed by atoms with van der Waals surface area (Å²) < 4.78 is 11.2. The second kappa shape index (κ2) is 4.85. The minimum Gasteiger partial charge on any atom is -0.398 e. The van der Waals surface area contributed by atoms with E-state index in [9.17, 15) is 0 Å². The predicted molar refractivity (Wildman–Crippen MR) is 67.3 cm³/mol. The molecule has 0 aliphatic carbocycles. The molecule has 1 heterocycles. The molecule has 1 aromatic carbocycles. The van der Waals surface area contributed by atoms with Crippen molar-refractivity contribution >= 4 is 21.6 Å². The Morgan fingerprint density at radius 2 is 2.24 bits per heavy atom. The van der Waals surface area contributed by atoms with Crippen molar-refractivity contribution in [1.29, 1.82) is 0 Å². The van der Waals surface area contributed by atoms with Crippen LogP contribution >= 0.6 is 15.9 Å². The first-order chi connectivity index (χ1) is 8.11. The number of nitrogens with zero attached hydrogens (tertiary/aromatic N) is 2. The zero-order valence-electron chi connectivity index (χ0n) is 9.48. The first kappa shape index (κ1) is 12.1. The van der Waals surface area contributed by atoms with Gasteiger partial charge in [0.15, 0.2) is 0 Å². The third kappa shape index (κ3) is 2.48. The van der Waals surface area contributed by atoms with E-state index in [-0.39, 0.29) is 6.10 Å². The van der Waals surface area contributed by atoms with E-state index in [0.29, 0.717) is 17.4 Å². The highest BCUT2D eigenvalue weighted by atomic mass is 79.9. The molecule has 0 fully saturated rings. The molecular weight excluding hydrogens is 286 g/mol. The number of hydrogen-bond donors (Lipinski definition) is 1. The van der Waals surface area contributed by atoms with Crippen LogP contribution in [0.15, 0.2) is 27.2 Å². The van der Waals surface area contributed by atoms with E-state index < -0.39 is 0 Å². The fourth-order valence-electron chi connectivity index (χ4n) is 1.34. The van der Waals surface area contributed by atoms with Crippen molar-refractivity contribution in [3.8, 4) is 11.5 Å².